The molecule has 1 rings (SSSR count). The van der Waals surface area contributed by atoms with Crippen molar-refractivity contribution in [2.75, 3.05) is 7.11 Å². The molecule has 1 amide bonds. The minimum atomic E-state index is -0.389. The topological polar surface area (TPSA) is 71.2 Å². The molecule has 14 heavy (non-hydrogen) atoms. The third kappa shape index (κ3) is 2.55. The highest BCUT2D eigenvalue weighted by molar-refractivity contribution is 5.73. The third-order valence-electron chi connectivity index (χ3n) is 1.46. The number of phenolic OH excluding ortho intramolecular Hbond substituents is 1. The first-order valence-corrected chi connectivity index (χ1v) is 3.93. The SMILES string of the molecule is COc1cc(O)ccc1N=NC(C)=O. The quantitative estimate of drug-likeness (QED) is 0.732. The third-order valence-corrected chi connectivity index (χ3v) is 1.46. The maximum atomic E-state index is 10.5. The molecule has 0 saturated carbocycles. The number of aromatic hydroxyl groups is 1. The number of carbonyl (C=O) groups is 1. The van der Waals surface area contributed by atoms with Gasteiger partial charge in [0.15, 0.2) is 0 Å². The maximum Gasteiger partial charge on any atom is 0.261 e. The van der Waals surface area contributed by atoms with E-state index < -0.39 is 0 Å². The van der Waals surface area contributed by atoms with E-state index in [0.29, 0.717) is 11.4 Å². The molecule has 1 aromatic carbocycles. The van der Waals surface area contributed by atoms with Crippen molar-refractivity contribution in [1.29, 1.82) is 0 Å². The lowest BCUT2D eigenvalue weighted by Gasteiger charge is -2.02. The second-order valence-electron chi connectivity index (χ2n) is 2.58. The van der Waals surface area contributed by atoms with Crippen molar-refractivity contribution in [1.82, 2.24) is 0 Å². The van der Waals surface area contributed by atoms with E-state index in [0.717, 1.165) is 0 Å². The Morgan fingerprint density at radius 2 is 2.21 bits per heavy atom. The monoisotopic (exact) mass is 194 g/mol. The van der Waals surface area contributed by atoms with Gasteiger partial charge >= 0.3 is 0 Å². The van der Waals surface area contributed by atoms with Gasteiger partial charge in [-0.3, -0.25) is 4.79 Å². The highest BCUT2D eigenvalue weighted by atomic mass is 16.5. The van der Waals surface area contributed by atoms with Crippen LogP contribution in [0.3, 0.4) is 0 Å². The molecule has 1 N–H and O–H groups in total. The van der Waals surface area contributed by atoms with Gasteiger partial charge < -0.3 is 9.84 Å². The number of amides is 1. The zero-order valence-electron chi connectivity index (χ0n) is 7.89. The van der Waals surface area contributed by atoms with Crippen molar-refractivity contribution >= 4 is 11.6 Å². The minimum Gasteiger partial charge on any atom is -0.508 e. The lowest BCUT2D eigenvalue weighted by molar-refractivity contribution is -0.116. The van der Waals surface area contributed by atoms with E-state index in [1.807, 2.05) is 0 Å². The molecule has 5 heteroatoms. The predicted molar refractivity (Wildman–Crippen MR) is 49.9 cm³/mol. The molecule has 0 spiro atoms. The van der Waals surface area contributed by atoms with Crippen LogP contribution in [-0.4, -0.2) is 18.1 Å². The fourth-order valence-corrected chi connectivity index (χ4v) is 0.873. The molecule has 0 aliphatic heterocycles. The maximum absolute atomic E-state index is 10.5. The minimum absolute atomic E-state index is 0.0728. The number of phenols is 1. The molecule has 5 nitrogen and oxygen atoms in total. The first-order valence-electron chi connectivity index (χ1n) is 3.93. The van der Waals surface area contributed by atoms with Crippen LogP contribution in [0, 0.1) is 0 Å². The summed E-state index contributed by atoms with van der Waals surface area (Å²) in [4.78, 5) is 10.5. The van der Waals surface area contributed by atoms with Gasteiger partial charge in [-0.15, -0.1) is 10.2 Å². The Morgan fingerprint density at radius 3 is 2.79 bits per heavy atom. The molecule has 0 radical (unpaired) electrons. The van der Waals surface area contributed by atoms with Crippen LogP contribution in [0.15, 0.2) is 28.4 Å². The van der Waals surface area contributed by atoms with Gasteiger partial charge in [0.05, 0.1) is 7.11 Å². The predicted octanol–water partition coefficient (Wildman–Crippen LogP) is 2.03. The number of carbonyl (C=O) groups excluding carboxylic acids is 1. The van der Waals surface area contributed by atoms with Gasteiger partial charge in [0.1, 0.15) is 17.2 Å². The number of nitrogens with zero attached hydrogens (tertiary/aromatic N) is 2. The Kier molecular flexibility index (Phi) is 3.17. The molecule has 0 aromatic heterocycles. The molecule has 1 aromatic rings. The van der Waals surface area contributed by atoms with Gasteiger partial charge in [-0.1, -0.05) is 0 Å². The largest absolute Gasteiger partial charge is 0.508 e. The molecular weight excluding hydrogens is 184 g/mol. The van der Waals surface area contributed by atoms with E-state index in [2.05, 4.69) is 10.2 Å². The summed E-state index contributed by atoms with van der Waals surface area (Å²) < 4.78 is 4.93. The summed E-state index contributed by atoms with van der Waals surface area (Å²) >= 11 is 0. The van der Waals surface area contributed by atoms with Crippen LogP contribution >= 0.6 is 0 Å². The van der Waals surface area contributed by atoms with E-state index in [4.69, 9.17) is 9.84 Å². The number of azo groups is 1. The van der Waals surface area contributed by atoms with Crippen molar-refractivity contribution in [3.05, 3.63) is 18.2 Å². The summed E-state index contributed by atoms with van der Waals surface area (Å²) in [5.74, 6) is 0.0544. The fraction of sp³-hybridized carbons (Fsp3) is 0.222. The Hall–Kier alpha value is -1.91. The Morgan fingerprint density at radius 1 is 1.50 bits per heavy atom. The summed E-state index contributed by atoms with van der Waals surface area (Å²) in [6.07, 6.45) is 0. The zero-order chi connectivity index (χ0) is 10.6. The van der Waals surface area contributed by atoms with Gasteiger partial charge in [-0.05, 0) is 12.1 Å². The number of methoxy groups -OCH3 is 1. The molecule has 0 bridgehead atoms. The molecule has 0 aliphatic rings. The van der Waals surface area contributed by atoms with Crippen LogP contribution in [0.25, 0.3) is 0 Å². The highest BCUT2D eigenvalue weighted by Crippen LogP contribution is 2.30. The summed E-state index contributed by atoms with van der Waals surface area (Å²) in [6, 6.07) is 4.35. The second-order valence-corrected chi connectivity index (χ2v) is 2.58. The molecular formula is C9H10N2O3. The van der Waals surface area contributed by atoms with Crippen molar-refractivity contribution in [3.63, 3.8) is 0 Å². The molecule has 0 unspecified atom stereocenters. The standard InChI is InChI=1S/C9H10N2O3/c1-6(12)10-11-8-4-3-7(13)5-9(8)14-2/h3-5,13H,1-2H3. The van der Waals surface area contributed by atoms with Crippen molar-refractivity contribution < 1.29 is 14.6 Å². The number of hydrogen-bond donors (Lipinski definition) is 1. The van der Waals surface area contributed by atoms with Crippen LogP contribution in [-0.2, 0) is 4.79 Å². The van der Waals surface area contributed by atoms with E-state index in [1.54, 1.807) is 0 Å². The Bertz CT molecular complexity index is 374. The van der Waals surface area contributed by atoms with Crippen molar-refractivity contribution in [3.8, 4) is 11.5 Å². The van der Waals surface area contributed by atoms with Crippen molar-refractivity contribution in [2.24, 2.45) is 10.2 Å². The lowest BCUT2D eigenvalue weighted by Crippen LogP contribution is -1.84. The summed E-state index contributed by atoms with van der Waals surface area (Å²) in [7, 11) is 1.45. The van der Waals surface area contributed by atoms with Gasteiger partial charge in [-0.25, -0.2) is 0 Å². The normalized spacial score (nSPS) is 10.4. The van der Waals surface area contributed by atoms with Gasteiger partial charge in [0.2, 0.25) is 0 Å². The van der Waals surface area contributed by atoms with Gasteiger partial charge in [-0.2, -0.15) is 0 Å². The average molecular weight is 194 g/mol. The average Bonchev–Trinajstić information content (AvgIpc) is 2.15. The van der Waals surface area contributed by atoms with E-state index in [9.17, 15) is 4.79 Å². The number of rotatable bonds is 2. The van der Waals surface area contributed by atoms with Crippen LogP contribution in [0.2, 0.25) is 0 Å². The van der Waals surface area contributed by atoms with Gasteiger partial charge in [0, 0.05) is 13.0 Å². The van der Waals surface area contributed by atoms with E-state index in [1.165, 1.54) is 32.2 Å². The summed E-state index contributed by atoms with van der Waals surface area (Å²) in [5, 5.41) is 16.1. The fourth-order valence-electron chi connectivity index (χ4n) is 0.873. The molecule has 74 valence electrons. The number of ether oxygens (including phenoxy) is 1. The zero-order valence-corrected chi connectivity index (χ0v) is 7.89. The molecule has 0 aliphatic carbocycles. The van der Waals surface area contributed by atoms with E-state index in [-0.39, 0.29) is 11.7 Å². The smallest absolute Gasteiger partial charge is 0.261 e. The molecule has 0 atom stereocenters. The van der Waals surface area contributed by atoms with Crippen LogP contribution < -0.4 is 4.74 Å². The summed E-state index contributed by atoms with van der Waals surface area (Å²) in [5.41, 5.74) is 0.403. The van der Waals surface area contributed by atoms with Gasteiger partial charge in [0.25, 0.3) is 5.91 Å². The van der Waals surface area contributed by atoms with Crippen LogP contribution in [0.4, 0.5) is 5.69 Å². The van der Waals surface area contributed by atoms with E-state index >= 15 is 0 Å². The molecule has 0 heterocycles. The highest BCUT2D eigenvalue weighted by Gasteiger charge is 2.02. The van der Waals surface area contributed by atoms with Crippen molar-refractivity contribution in [2.45, 2.75) is 6.92 Å². The number of benzene rings is 1. The number of hydrogen-bond acceptors (Lipinski definition) is 4. The summed E-state index contributed by atoms with van der Waals surface area (Å²) in [6.45, 7) is 1.30. The molecule has 0 saturated heterocycles. The first kappa shape index (κ1) is 10.2. The van der Waals surface area contributed by atoms with Crippen LogP contribution in [0.1, 0.15) is 6.92 Å². The Labute approximate surface area is 81.0 Å². The molecule has 0 fully saturated rings. The second kappa shape index (κ2) is 4.36. The van der Waals surface area contributed by atoms with Crippen LogP contribution in [0.5, 0.6) is 11.5 Å². The lowest BCUT2D eigenvalue weighted by atomic mass is 10.3. The first-order chi connectivity index (χ1) is 6.63. The Balaban J connectivity index is 3.02.